The Morgan fingerprint density at radius 1 is 1.00 bits per heavy atom. The molecule has 200 valence electrons. The van der Waals surface area contributed by atoms with Gasteiger partial charge >= 0.3 is 6.18 Å². The number of nitrogens with zero attached hydrogens (tertiary/aromatic N) is 5. The molecule has 4 aromatic rings. The quantitative estimate of drug-likeness (QED) is 0.329. The minimum atomic E-state index is -4.49. The van der Waals surface area contributed by atoms with Gasteiger partial charge in [0.1, 0.15) is 29.7 Å². The van der Waals surface area contributed by atoms with Crippen molar-refractivity contribution in [2.24, 2.45) is 0 Å². The molecule has 0 saturated carbocycles. The van der Waals surface area contributed by atoms with Crippen LogP contribution in [0.15, 0.2) is 54.9 Å². The molecular formula is C28H24F3N5O3. The predicted octanol–water partition coefficient (Wildman–Crippen LogP) is 4.93. The highest BCUT2D eigenvalue weighted by molar-refractivity contribution is 5.83. The molecule has 0 aliphatic carbocycles. The summed E-state index contributed by atoms with van der Waals surface area (Å²) >= 11 is 0. The molecule has 2 aromatic carbocycles. The lowest BCUT2D eigenvalue weighted by Gasteiger charge is -2.27. The molecule has 5 rings (SSSR count). The number of anilines is 1. The molecule has 1 saturated heterocycles. The number of fused-ring (bicyclic) bond motifs is 1. The average molecular weight is 536 g/mol. The third-order valence-corrected chi connectivity index (χ3v) is 6.37. The zero-order chi connectivity index (χ0) is 27.4. The van der Waals surface area contributed by atoms with Crippen LogP contribution in [-0.2, 0) is 23.9 Å². The fourth-order valence-corrected chi connectivity index (χ4v) is 4.33. The number of hydrogen-bond donors (Lipinski definition) is 0. The topological polar surface area (TPSA) is 93.4 Å². The number of rotatable bonds is 7. The minimum Gasteiger partial charge on any atom is -0.493 e. The van der Waals surface area contributed by atoms with Gasteiger partial charge in [0, 0.05) is 24.8 Å². The van der Waals surface area contributed by atoms with E-state index in [1.54, 1.807) is 12.3 Å². The summed E-state index contributed by atoms with van der Waals surface area (Å²) in [7, 11) is 1.51. The molecule has 2 aromatic heterocycles. The molecule has 0 unspecified atom stereocenters. The van der Waals surface area contributed by atoms with E-state index in [1.807, 2.05) is 24.3 Å². The minimum absolute atomic E-state index is 0.0221. The second-order valence-corrected chi connectivity index (χ2v) is 8.91. The molecule has 11 heteroatoms. The summed E-state index contributed by atoms with van der Waals surface area (Å²) in [6.45, 7) is 2.69. The summed E-state index contributed by atoms with van der Waals surface area (Å²) in [5, 5.41) is 10.0. The second-order valence-electron chi connectivity index (χ2n) is 8.91. The number of ether oxygens (including phenoxy) is 3. The van der Waals surface area contributed by atoms with Gasteiger partial charge in [-0.2, -0.15) is 18.4 Å². The van der Waals surface area contributed by atoms with Crippen molar-refractivity contribution < 1.29 is 27.4 Å². The van der Waals surface area contributed by atoms with Gasteiger partial charge in [-0.1, -0.05) is 18.2 Å². The maximum absolute atomic E-state index is 12.7. The van der Waals surface area contributed by atoms with Crippen LogP contribution in [0.4, 0.5) is 19.0 Å². The van der Waals surface area contributed by atoms with E-state index in [0.717, 1.165) is 23.4 Å². The molecule has 1 aliphatic heterocycles. The lowest BCUT2D eigenvalue weighted by atomic mass is 9.98. The number of aromatic nitrogens is 3. The molecule has 39 heavy (non-hydrogen) atoms. The first-order valence-corrected chi connectivity index (χ1v) is 12.2. The Morgan fingerprint density at radius 2 is 1.79 bits per heavy atom. The van der Waals surface area contributed by atoms with Crippen LogP contribution in [0.3, 0.4) is 0 Å². The molecule has 0 atom stereocenters. The van der Waals surface area contributed by atoms with Crippen molar-refractivity contribution in [2.75, 3.05) is 38.3 Å². The fourth-order valence-electron chi connectivity index (χ4n) is 4.33. The largest absolute Gasteiger partial charge is 0.493 e. The lowest BCUT2D eigenvalue weighted by molar-refractivity contribution is -0.141. The lowest BCUT2D eigenvalue weighted by Crippen LogP contribution is -2.36. The van der Waals surface area contributed by atoms with Crippen LogP contribution >= 0.6 is 0 Å². The molecule has 0 amide bonds. The van der Waals surface area contributed by atoms with Crippen LogP contribution in [-0.4, -0.2) is 48.4 Å². The van der Waals surface area contributed by atoms with Gasteiger partial charge in [0.15, 0.2) is 11.5 Å². The van der Waals surface area contributed by atoms with E-state index in [-0.39, 0.29) is 6.61 Å². The highest BCUT2D eigenvalue weighted by atomic mass is 19.4. The summed E-state index contributed by atoms with van der Waals surface area (Å²) in [6.07, 6.45) is -1.19. The van der Waals surface area contributed by atoms with Gasteiger partial charge in [-0.3, -0.25) is 9.97 Å². The number of hydrogen-bond acceptors (Lipinski definition) is 8. The second kappa shape index (κ2) is 11.1. The number of alkyl halides is 3. The smallest absolute Gasteiger partial charge is 0.433 e. The van der Waals surface area contributed by atoms with Crippen LogP contribution in [0.25, 0.3) is 11.0 Å². The molecule has 0 bridgehead atoms. The number of halogens is 3. The summed E-state index contributed by atoms with van der Waals surface area (Å²) in [5.41, 5.74) is 2.86. The molecule has 8 nitrogen and oxygen atoms in total. The maximum atomic E-state index is 12.7. The Balaban J connectivity index is 1.35. The normalized spacial score (nSPS) is 13.8. The first kappa shape index (κ1) is 26.2. The Hall–Kier alpha value is -4.43. The number of morpholine rings is 1. The highest BCUT2D eigenvalue weighted by Crippen LogP contribution is 2.32. The Bertz CT molecular complexity index is 1510. The Morgan fingerprint density at radius 3 is 2.49 bits per heavy atom. The zero-order valence-corrected chi connectivity index (χ0v) is 21.0. The summed E-state index contributed by atoms with van der Waals surface area (Å²) < 4.78 is 54.9. The fraction of sp³-hybridized carbons (Fsp3) is 0.286. The van der Waals surface area contributed by atoms with Crippen LogP contribution in [0, 0.1) is 11.3 Å². The third kappa shape index (κ3) is 5.86. The first-order chi connectivity index (χ1) is 18.9. The monoisotopic (exact) mass is 535 g/mol. The van der Waals surface area contributed by atoms with Crippen molar-refractivity contribution in [3.8, 4) is 17.6 Å². The number of methoxy groups -OCH3 is 1. The first-order valence-electron chi connectivity index (χ1n) is 12.2. The number of benzene rings is 2. The van der Waals surface area contributed by atoms with Crippen LogP contribution in [0.2, 0.25) is 0 Å². The van der Waals surface area contributed by atoms with Crippen molar-refractivity contribution in [3.63, 3.8) is 0 Å². The van der Waals surface area contributed by atoms with Gasteiger partial charge < -0.3 is 19.1 Å². The van der Waals surface area contributed by atoms with E-state index in [4.69, 9.17) is 19.2 Å². The summed E-state index contributed by atoms with van der Waals surface area (Å²) in [5.74, 6) is 1.60. The van der Waals surface area contributed by atoms with Crippen molar-refractivity contribution in [3.05, 3.63) is 82.8 Å². The standard InChI is InChI=1S/C28H24F3N5O3/c1-37-24-13-18(2-6-23(24)39-17-19-3-7-25(34-15-19)28(29,30)31)12-20-4-5-22-27(21(20)14-32)35-26(16-33-22)36-8-10-38-11-9-36/h2-7,13,15-16H,8-12,17H2,1H3. The van der Waals surface area contributed by atoms with E-state index in [9.17, 15) is 18.4 Å². The van der Waals surface area contributed by atoms with Crippen LogP contribution in [0.5, 0.6) is 11.5 Å². The average Bonchev–Trinajstić information content (AvgIpc) is 2.96. The molecule has 0 spiro atoms. The van der Waals surface area contributed by atoms with E-state index in [2.05, 4.69) is 20.9 Å². The summed E-state index contributed by atoms with van der Waals surface area (Å²) in [6, 6.07) is 13.7. The van der Waals surface area contributed by atoms with Gasteiger partial charge in [-0.25, -0.2) is 4.98 Å². The number of nitriles is 1. The maximum Gasteiger partial charge on any atom is 0.433 e. The van der Waals surface area contributed by atoms with E-state index >= 15 is 0 Å². The van der Waals surface area contributed by atoms with Crippen LogP contribution < -0.4 is 14.4 Å². The van der Waals surface area contributed by atoms with E-state index in [1.165, 1.54) is 13.2 Å². The van der Waals surface area contributed by atoms with Gasteiger partial charge in [0.25, 0.3) is 0 Å². The van der Waals surface area contributed by atoms with Crippen molar-refractivity contribution in [2.45, 2.75) is 19.2 Å². The van der Waals surface area contributed by atoms with E-state index < -0.39 is 11.9 Å². The Labute approximate surface area is 222 Å². The number of pyridine rings is 1. The highest BCUT2D eigenvalue weighted by Gasteiger charge is 2.32. The van der Waals surface area contributed by atoms with Crippen molar-refractivity contribution in [1.82, 2.24) is 15.0 Å². The van der Waals surface area contributed by atoms with Crippen molar-refractivity contribution >= 4 is 16.9 Å². The molecule has 0 radical (unpaired) electrons. The Kier molecular flexibility index (Phi) is 7.47. The third-order valence-electron chi connectivity index (χ3n) is 6.37. The molecule has 0 N–H and O–H groups in total. The zero-order valence-electron chi connectivity index (χ0n) is 21.0. The molecule has 3 heterocycles. The van der Waals surface area contributed by atoms with Gasteiger partial charge in [-0.15, -0.1) is 0 Å². The van der Waals surface area contributed by atoms with Crippen LogP contribution in [0.1, 0.15) is 27.9 Å². The van der Waals surface area contributed by atoms with Crippen molar-refractivity contribution in [1.29, 1.82) is 5.26 Å². The van der Waals surface area contributed by atoms with E-state index in [0.29, 0.717) is 72.2 Å². The molecule has 1 fully saturated rings. The summed E-state index contributed by atoms with van der Waals surface area (Å²) in [4.78, 5) is 14.8. The molecular weight excluding hydrogens is 511 g/mol. The SMILES string of the molecule is COc1cc(Cc2ccc3ncc(N4CCOCC4)nc3c2C#N)ccc1OCc1ccc(C(F)(F)F)nc1. The van der Waals surface area contributed by atoms with Gasteiger partial charge in [0.2, 0.25) is 0 Å². The van der Waals surface area contributed by atoms with Gasteiger partial charge in [-0.05, 0) is 41.8 Å². The molecule has 1 aliphatic rings. The van der Waals surface area contributed by atoms with Gasteiger partial charge in [0.05, 0.1) is 37.6 Å². The predicted molar refractivity (Wildman–Crippen MR) is 137 cm³/mol.